The van der Waals surface area contributed by atoms with Crippen molar-refractivity contribution in [2.75, 3.05) is 26.2 Å². The summed E-state index contributed by atoms with van der Waals surface area (Å²) in [4.78, 5) is 5.59. The highest BCUT2D eigenvalue weighted by atomic mass is 15.2. The minimum atomic E-state index is 0.744. The van der Waals surface area contributed by atoms with Crippen molar-refractivity contribution in [2.24, 2.45) is 29.1 Å². The van der Waals surface area contributed by atoms with Crippen molar-refractivity contribution < 1.29 is 0 Å². The summed E-state index contributed by atoms with van der Waals surface area (Å²) < 4.78 is 0. The number of fused-ring (bicyclic) bond motifs is 1. The third-order valence-electron chi connectivity index (χ3n) is 8.20. The van der Waals surface area contributed by atoms with Crippen LogP contribution in [0.5, 0.6) is 0 Å². The molecule has 23 heavy (non-hydrogen) atoms. The summed E-state index contributed by atoms with van der Waals surface area (Å²) in [7, 11) is 0. The second kappa shape index (κ2) is 6.02. The summed E-state index contributed by atoms with van der Waals surface area (Å²) in [6, 6.07) is 1.69. The molecule has 1 spiro atoms. The van der Waals surface area contributed by atoms with Crippen LogP contribution in [0.2, 0.25) is 0 Å². The number of likely N-dealkylation sites (tertiary alicyclic amines) is 2. The van der Waals surface area contributed by atoms with Gasteiger partial charge in [-0.15, -0.1) is 0 Å². The lowest BCUT2D eigenvalue weighted by Gasteiger charge is -2.55. The zero-order valence-corrected chi connectivity index (χ0v) is 15.9. The smallest absolute Gasteiger partial charge is 0.0106 e. The van der Waals surface area contributed by atoms with Gasteiger partial charge in [-0.05, 0) is 94.5 Å². The van der Waals surface area contributed by atoms with Crippen molar-refractivity contribution in [3.05, 3.63) is 0 Å². The lowest BCUT2D eigenvalue weighted by molar-refractivity contribution is -0.0432. The maximum atomic E-state index is 2.91. The molecule has 3 atom stereocenters. The van der Waals surface area contributed by atoms with Gasteiger partial charge in [0.05, 0.1) is 0 Å². The van der Waals surface area contributed by atoms with Gasteiger partial charge in [-0.2, -0.15) is 0 Å². The predicted octanol–water partition coefficient (Wildman–Crippen LogP) is 4.25. The lowest BCUT2D eigenvalue weighted by atomic mass is 9.60. The average molecular weight is 319 g/mol. The van der Waals surface area contributed by atoms with Gasteiger partial charge in [-0.1, -0.05) is 13.8 Å². The molecular formula is C21H38N2. The molecule has 0 radical (unpaired) electrons. The molecule has 1 unspecified atom stereocenters. The fourth-order valence-corrected chi connectivity index (χ4v) is 6.35. The molecule has 2 saturated carbocycles. The normalized spacial score (nSPS) is 38.6. The average Bonchev–Trinajstić information content (AvgIpc) is 3.03. The lowest BCUT2D eigenvalue weighted by Crippen LogP contribution is -2.55. The van der Waals surface area contributed by atoms with Gasteiger partial charge < -0.3 is 4.90 Å². The van der Waals surface area contributed by atoms with E-state index >= 15 is 0 Å². The van der Waals surface area contributed by atoms with Gasteiger partial charge in [-0.3, -0.25) is 4.90 Å². The Morgan fingerprint density at radius 2 is 1.43 bits per heavy atom. The van der Waals surface area contributed by atoms with Crippen molar-refractivity contribution in [3.63, 3.8) is 0 Å². The predicted molar refractivity (Wildman–Crippen MR) is 97.5 cm³/mol. The van der Waals surface area contributed by atoms with Gasteiger partial charge in [0, 0.05) is 25.2 Å². The molecule has 132 valence electrons. The van der Waals surface area contributed by atoms with Crippen LogP contribution in [-0.2, 0) is 0 Å². The van der Waals surface area contributed by atoms with E-state index < -0.39 is 0 Å². The van der Waals surface area contributed by atoms with Crippen molar-refractivity contribution >= 4 is 0 Å². The van der Waals surface area contributed by atoms with E-state index in [4.69, 9.17) is 0 Å². The molecule has 2 aliphatic carbocycles. The van der Waals surface area contributed by atoms with E-state index in [1.165, 1.54) is 64.7 Å². The molecule has 0 aromatic heterocycles. The van der Waals surface area contributed by atoms with Crippen LogP contribution in [0.25, 0.3) is 0 Å². The van der Waals surface area contributed by atoms with E-state index in [-0.39, 0.29) is 0 Å². The molecule has 2 saturated heterocycles. The first-order chi connectivity index (χ1) is 11.0. The van der Waals surface area contributed by atoms with Crippen LogP contribution >= 0.6 is 0 Å². The first kappa shape index (κ1) is 16.4. The first-order valence-electron chi connectivity index (χ1n) is 10.4. The molecule has 2 heteroatoms. The maximum Gasteiger partial charge on any atom is 0.0106 e. The summed E-state index contributed by atoms with van der Waals surface area (Å²) in [5.74, 6) is 4.02. The van der Waals surface area contributed by atoms with Crippen molar-refractivity contribution in [1.29, 1.82) is 0 Å². The molecule has 0 amide bonds. The summed E-state index contributed by atoms with van der Waals surface area (Å²) >= 11 is 0. The quantitative estimate of drug-likeness (QED) is 0.767. The molecule has 4 fully saturated rings. The standard InChI is InChI=1S/C21H38N2/c1-15(2)17-9-18-13-23(14-19(18)10-17)20-11-21(12-20)5-7-22(8-6-21)16(3)4/h15-20H,5-14H2,1-4H3/t17?,18-,19+. The molecule has 2 heterocycles. The molecule has 0 N–H and O–H groups in total. The minimum Gasteiger partial charge on any atom is -0.301 e. The second-order valence-electron chi connectivity index (χ2n) is 10.1. The Morgan fingerprint density at radius 1 is 0.870 bits per heavy atom. The molecule has 0 aromatic carbocycles. The summed E-state index contributed by atoms with van der Waals surface area (Å²) in [6.45, 7) is 15.2. The third-order valence-corrected chi connectivity index (χ3v) is 8.20. The van der Waals surface area contributed by atoms with Gasteiger partial charge >= 0.3 is 0 Å². The fourth-order valence-electron chi connectivity index (χ4n) is 6.35. The van der Waals surface area contributed by atoms with Crippen molar-refractivity contribution in [3.8, 4) is 0 Å². The highest BCUT2D eigenvalue weighted by molar-refractivity contribution is 5.04. The summed E-state index contributed by atoms with van der Waals surface area (Å²) in [5, 5.41) is 0. The zero-order chi connectivity index (χ0) is 16.2. The third kappa shape index (κ3) is 2.99. The Kier molecular flexibility index (Phi) is 4.29. The van der Waals surface area contributed by atoms with E-state index in [0.29, 0.717) is 0 Å². The van der Waals surface area contributed by atoms with Gasteiger partial charge in [-0.25, -0.2) is 0 Å². The number of piperidine rings is 1. The zero-order valence-electron chi connectivity index (χ0n) is 15.9. The Balaban J connectivity index is 1.25. The van der Waals surface area contributed by atoms with E-state index in [0.717, 1.165) is 41.2 Å². The summed E-state index contributed by atoms with van der Waals surface area (Å²) in [5.41, 5.74) is 0.744. The van der Waals surface area contributed by atoms with E-state index in [1.54, 1.807) is 0 Å². The van der Waals surface area contributed by atoms with E-state index in [9.17, 15) is 0 Å². The maximum absolute atomic E-state index is 2.91. The molecule has 4 rings (SSSR count). The van der Waals surface area contributed by atoms with Crippen molar-refractivity contribution in [2.45, 2.75) is 78.3 Å². The van der Waals surface area contributed by atoms with Crippen LogP contribution < -0.4 is 0 Å². The SMILES string of the molecule is CC(C)C1C[C@@H]2CN(C3CC4(CCN(C(C)C)CC4)C3)C[C@@H]2C1. The Bertz CT molecular complexity index is 400. The molecular weight excluding hydrogens is 280 g/mol. The van der Waals surface area contributed by atoms with Crippen LogP contribution in [0, 0.1) is 29.1 Å². The van der Waals surface area contributed by atoms with Gasteiger partial charge in [0.15, 0.2) is 0 Å². The topological polar surface area (TPSA) is 6.48 Å². The highest BCUT2D eigenvalue weighted by Crippen LogP contribution is 2.53. The minimum absolute atomic E-state index is 0.744. The summed E-state index contributed by atoms with van der Waals surface area (Å²) in [6.07, 6.45) is 9.04. The highest BCUT2D eigenvalue weighted by Gasteiger charge is 2.51. The first-order valence-corrected chi connectivity index (χ1v) is 10.4. The Morgan fingerprint density at radius 3 is 1.91 bits per heavy atom. The number of nitrogens with zero attached hydrogens (tertiary/aromatic N) is 2. The Labute approximate surface area is 144 Å². The van der Waals surface area contributed by atoms with Crippen molar-refractivity contribution in [1.82, 2.24) is 9.80 Å². The molecule has 2 nitrogen and oxygen atoms in total. The van der Waals surface area contributed by atoms with Crippen LogP contribution in [0.15, 0.2) is 0 Å². The van der Waals surface area contributed by atoms with Crippen LogP contribution in [0.3, 0.4) is 0 Å². The molecule has 2 aliphatic heterocycles. The van der Waals surface area contributed by atoms with E-state index in [2.05, 4.69) is 37.5 Å². The van der Waals surface area contributed by atoms with Gasteiger partial charge in [0.2, 0.25) is 0 Å². The van der Waals surface area contributed by atoms with Crippen LogP contribution in [0.4, 0.5) is 0 Å². The Hall–Kier alpha value is -0.0800. The van der Waals surface area contributed by atoms with Gasteiger partial charge in [0.25, 0.3) is 0 Å². The van der Waals surface area contributed by atoms with Crippen LogP contribution in [0.1, 0.15) is 66.2 Å². The molecule has 4 aliphatic rings. The molecule has 0 bridgehead atoms. The molecule has 0 aromatic rings. The second-order valence-corrected chi connectivity index (χ2v) is 10.1. The monoisotopic (exact) mass is 318 g/mol. The number of hydrogen-bond acceptors (Lipinski definition) is 2. The fraction of sp³-hybridized carbons (Fsp3) is 1.00. The van der Waals surface area contributed by atoms with Crippen LogP contribution in [-0.4, -0.2) is 48.1 Å². The largest absolute Gasteiger partial charge is 0.301 e. The van der Waals surface area contributed by atoms with E-state index in [1.807, 2.05) is 0 Å². The number of rotatable bonds is 3. The van der Waals surface area contributed by atoms with Gasteiger partial charge in [0.1, 0.15) is 0 Å². The number of hydrogen-bond donors (Lipinski definition) is 0.